The zero-order valence-corrected chi connectivity index (χ0v) is 12.1. The summed E-state index contributed by atoms with van der Waals surface area (Å²) >= 11 is 0. The molecule has 0 radical (unpaired) electrons. The smallest absolute Gasteiger partial charge is 0.134 e. The van der Waals surface area contributed by atoms with Crippen LogP contribution in [-0.4, -0.2) is 34.8 Å². The van der Waals surface area contributed by atoms with Crippen molar-refractivity contribution in [2.24, 2.45) is 0 Å². The van der Waals surface area contributed by atoms with Gasteiger partial charge in [0.2, 0.25) is 0 Å². The third-order valence-corrected chi connectivity index (χ3v) is 3.53. The van der Waals surface area contributed by atoms with Crippen molar-refractivity contribution in [3.05, 3.63) is 17.6 Å². The average molecular weight is 263 g/mol. The van der Waals surface area contributed by atoms with E-state index in [1.54, 1.807) is 0 Å². The number of aromatic nitrogens is 2. The van der Waals surface area contributed by atoms with Crippen LogP contribution in [0.5, 0.6) is 0 Å². The molecule has 0 spiro atoms. The Bertz CT molecular complexity index is 404. The maximum absolute atomic E-state index is 9.23. The molecule has 1 saturated carbocycles. The van der Waals surface area contributed by atoms with Gasteiger partial charge in [-0.1, -0.05) is 19.8 Å². The van der Waals surface area contributed by atoms with Gasteiger partial charge in [0.05, 0.1) is 6.61 Å². The number of unbranched alkanes of at least 4 members (excludes halogenated alkanes) is 2. The molecule has 1 N–H and O–H groups in total. The van der Waals surface area contributed by atoms with E-state index < -0.39 is 0 Å². The molecule has 1 aliphatic carbocycles. The fraction of sp³-hybridized carbons (Fsp3) is 0.733. The van der Waals surface area contributed by atoms with Gasteiger partial charge in [-0.3, -0.25) is 0 Å². The molecule has 0 aromatic carbocycles. The van der Waals surface area contributed by atoms with Crippen LogP contribution in [0.4, 0.5) is 5.82 Å². The Balaban J connectivity index is 2.10. The summed E-state index contributed by atoms with van der Waals surface area (Å²) in [5.74, 6) is 2.55. The van der Waals surface area contributed by atoms with Crippen LogP contribution < -0.4 is 4.90 Å². The predicted octanol–water partition coefficient (Wildman–Crippen LogP) is 2.65. The lowest BCUT2D eigenvalue weighted by molar-refractivity contribution is 0.301. The molecule has 1 fully saturated rings. The lowest BCUT2D eigenvalue weighted by Gasteiger charge is -2.23. The quantitative estimate of drug-likeness (QED) is 0.733. The molecule has 0 aliphatic heterocycles. The first kappa shape index (κ1) is 14.3. The zero-order valence-electron chi connectivity index (χ0n) is 12.1. The number of aliphatic hydroxyl groups is 1. The molecule has 0 saturated heterocycles. The van der Waals surface area contributed by atoms with Crippen LogP contribution in [0.3, 0.4) is 0 Å². The Hall–Kier alpha value is -1.16. The van der Waals surface area contributed by atoms with E-state index in [9.17, 15) is 5.11 Å². The number of hydrogen-bond acceptors (Lipinski definition) is 4. The SMILES string of the molecule is CCCCCN(CCO)c1cc(C)nc(C2CC2)n1. The summed E-state index contributed by atoms with van der Waals surface area (Å²) in [4.78, 5) is 11.4. The van der Waals surface area contributed by atoms with Crippen molar-refractivity contribution in [2.45, 2.75) is 51.9 Å². The summed E-state index contributed by atoms with van der Waals surface area (Å²) in [6, 6.07) is 2.04. The van der Waals surface area contributed by atoms with Gasteiger partial charge in [-0.15, -0.1) is 0 Å². The van der Waals surface area contributed by atoms with Crippen LogP contribution in [0.1, 0.15) is 56.5 Å². The minimum absolute atomic E-state index is 0.175. The van der Waals surface area contributed by atoms with Gasteiger partial charge in [0.15, 0.2) is 0 Å². The van der Waals surface area contributed by atoms with E-state index >= 15 is 0 Å². The molecule has 0 atom stereocenters. The molecule has 4 nitrogen and oxygen atoms in total. The summed E-state index contributed by atoms with van der Waals surface area (Å²) < 4.78 is 0. The Morgan fingerprint density at radius 1 is 1.26 bits per heavy atom. The number of anilines is 1. The maximum atomic E-state index is 9.23. The first-order chi connectivity index (χ1) is 9.24. The lowest BCUT2D eigenvalue weighted by Crippen LogP contribution is -2.29. The third kappa shape index (κ3) is 4.16. The number of aliphatic hydroxyl groups excluding tert-OH is 1. The molecule has 1 aromatic rings. The van der Waals surface area contributed by atoms with Crippen molar-refractivity contribution in [1.82, 2.24) is 9.97 Å². The van der Waals surface area contributed by atoms with Crippen LogP contribution in [0.2, 0.25) is 0 Å². The van der Waals surface area contributed by atoms with Crippen LogP contribution in [0.15, 0.2) is 6.07 Å². The van der Waals surface area contributed by atoms with E-state index in [1.807, 2.05) is 13.0 Å². The predicted molar refractivity (Wildman–Crippen MR) is 77.6 cm³/mol. The van der Waals surface area contributed by atoms with Crippen molar-refractivity contribution >= 4 is 5.82 Å². The van der Waals surface area contributed by atoms with Gasteiger partial charge < -0.3 is 10.0 Å². The number of nitrogens with zero attached hydrogens (tertiary/aromatic N) is 3. The van der Waals surface area contributed by atoms with Gasteiger partial charge in [-0.25, -0.2) is 9.97 Å². The molecule has 106 valence electrons. The molecule has 1 heterocycles. The van der Waals surface area contributed by atoms with Crippen LogP contribution in [0, 0.1) is 6.92 Å². The summed E-state index contributed by atoms with van der Waals surface area (Å²) in [5.41, 5.74) is 1.03. The highest BCUT2D eigenvalue weighted by atomic mass is 16.3. The van der Waals surface area contributed by atoms with Crippen molar-refractivity contribution < 1.29 is 5.11 Å². The molecule has 0 bridgehead atoms. The fourth-order valence-corrected chi connectivity index (χ4v) is 2.27. The van der Waals surface area contributed by atoms with E-state index in [0.29, 0.717) is 12.5 Å². The summed E-state index contributed by atoms with van der Waals surface area (Å²) in [6.07, 6.45) is 6.03. The lowest BCUT2D eigenvalue weighted by atomic mass is 10.2. The van der Waals surface area contributed by atoms with E-state index in [2.05, 4.69) is 16.8 Å². The molecular weight excluding hydrogens is 238 g/mol. The van der Waals surface area contributed by atoms with E-state index in [-0.39, 0.29) is 6.61 Å². The molecule has 0 unspecified atom stereocenters. The minimum atomic E-state index is 0.175. The normalized spacial score (nSPS) is 14.7. The number of rotatable bonds is 8. The zero-order chi connectivity index (χ0) is 13.7. The highest BCUT2D eigenvalue weighted by Crippen LogP contribution is 2.38. The van der Waals surface area contributed by atoms with Gasteiger partial charge in [-0.05, 0) is 26.2 Å². The van der Waals surface area contributed by atoms with E-state index in [1.165, 1.54) is 25.7 Å². The van der Waals surface area contributed by atoms with Crippen molar-refractivity contribution in [3.8, 4) is 0 Å². The summed E-state index contributed by atoms with van der Waals surface area (Å²) in [7, 11) is 0. The fourth-order valence-electron chi connectivity index (χ4n) is 2.27. The number of aryl methyl sites for hydroxylation is 1. The largest absolute Gasteiger partial charge is 0.395 e. The average Bonchev–Trinajstić information content (AvgIpc) is 3.21. The first-order valence-electron chi connectivity index (χ1n) is 7.46. The topological polar surface area (TPSA) is 49.2 Å². The summed E-state index contributed by atoms with van der Waals surface area (Å²) in [5, 5.41) is 9.23. The molecular formula is C15H25N3O. The third-order valence-electron chi connectivity index (χ3n) is 3.53. The molecule has 0 amide bonds. The van der Waals surface area contributed by atoms with E-state index in [4.69, 9.17) is 4.98 Å². The Kier molecular flexibility index (Phi) is 5.14. The second-order valence-corrected chi connectivity index (χ2v) is 5.42. The van der Waals surface area contributed by atoms with Gasteiger partial charge in [-0.2, -0.15) is 0 Å². The van der Waals surface area contributed by atoms with Crippen LogP contribution in [-0.2, 0) is 0 Å². The number of hydrogen-bond donors (Lipinski definition) is 1. The maximum Gasteiger partial charge on any atom is 0.134 e. The van der Waals surface area contributed by atoms with Crippen LogP contribution >= 0.6 is 0 Å². The second-order valence-electron chi connectivity index (χ2n) is 5.42. The summed E-state index contributed by atoms with van der Waals surface area (Å²) in [6.45, 7) is 6.03. The standard InChI is InChI=1S/C15H25N3O/c1-3-4-5-8-18(9-10-19)14-11-12(2)16-15(17-14)13-6-7-13/h11,13,19H,3-10H2,1-2H3. The second kappa shape index (κ2) is 6.85. The van der Waals surface area contributed by atoms with Crippen molar-refractivity contribution in [2.75, 3.05) is 24.6 Å². The highest BCUT2D eigenvalue weighted by molar-refractivity contribution is 5.40. The van der Waals surface area contributed by atoms with Crippen LogP contribution in [0.25, 0.3) is 0 Å². The van der Waals surface area contributed by atoms with E-state index in [0.717, 1.165) is 30.3 Å². The van der Waals surface area contributed by atoms with Gasteiger partial charge in [0.25, 0.3) is 0 Å². The molecule has 1 aliphatic rings. The van der Waals surface area contributed by atoms with Crippen molar-refractivity contribution in [3.63, 3.8) is 0 Å². The molecule has 19 heavy (non-hydrogen) atoms. The Morgan fingerprint density at radius 3 is 2.68 bits per heavy atom. The first-order valence-corrected chi connectivity index (χ1v) is 7.46. The van der Waals surface area contributed by atoms with Gasteiger partial charge in [0.1, 0.15) is 11.6 Å². The molecule has 1 aromatic heterocycles. The highest BCUT2D eigenvalue weighted by Gasteiger charge is 2.27. The molecule has 4 heteroatoms. The van der Waals surface area contributed by atoms with Gasteiger partial charge >= 0.3 is 0 Å². The Morgan fingerprint density at radius 2 is 2.05 bits per heavy atom. The van der Waals surface area contributed by atoms with Gasteiger partial charge in [0, 0.05) is 30.8 Å². The Labute approximate surface area is 115 Å². The minimum Gasteiger partial charge on any atom is -0.395 e. The molecule has 2 rings (SSSR count). The monoisotopic (exact) mass is 263 g/mol. The van der Waals surface area contributed by atoms with Crippen molar-refractivity contribution in [1.29, 1.82) is 0 Å².